The molecule has 2 heterocycles. The lowest BCUT2D eigenvalue weighted by atomic mass is 10.2. The standard InChI is InChI=1S/C9H11BrN2O2S/c10-8-2-1-3-9(12-8)11-7-4-5-15(13,14)6-7/h1-3,7H,4-6H2,(H,11,12). The third-order valence-electron chi connectivity index (χ3n) is 2.30. The van der Waals surface area contributed by atoms with Crippen molar-refractivity contribution in [3.8, 4) is 0 Å². The number of sulfone groups is 1. The van der Waals surface area contributed by atoms with Gasteiger partial charge in [0.15, 0.2) is 9.84 Å². The molecule has 0 spiro atoms. The van der Waals surface area contributed by atoms with E-state index in [1.165, 1.54) is 0 Å². The molecule has 15 heavy (non-hydrogen) atoms. The SMILES string of the molecule is O=S1(=O)CCC(Nc2cccc(Br)n2)C1. The Morgan fingerprint density at radius 1 is 1.47 bits per heavy atom. The van der Waals surface area contributed by atoms with E-state index >= 15 is 0 Å². The largest absolute Gasteiger partial charge is 0.366 e. The summed E-state index contributed by atoms with van der Waals surface area (Å²) >= 11 is 3.26. The first-order valence-electron chi connectivity index (χ1n) is 4.65. The molecule has 0 bridgehead atoms. The van der Waals surface area contributed by atoms with E-state index in [4.69, 9.17) is 0 Å². The minimum absolute atomic E-state index is 0.00296. The summed E-state index contributed by atoms with van der Waals surface area (Å²) in [5.41, 5.74) is 0. The topological polar surface area (TPSA) is 59.1 Å². The van der Waals surface area contributed by atoms with Crippen molar-refractivity contribution >= 4 is 31.6 Å². The molecule has 1 aromatic rings. The monoisotopic (exact) mass is 290 g/mol. The van der Waals surface area contributed by atoms with E-state index in [-0.39, 0.29) is 17.5 Å². The van der Waals surface area contributed by atoms with E-state index in [1.807, 2.05) is 18.2 Å². The number of rotatable bonds is 2. The molecule has 0 saturated carbocycles. The molecule has 1 atom stereocenters. The summed E-state index contributed by atoms with van der Waals surface area (Å²) in [7, 11) is -2.83. The van der Waals surface area contributed by atoms with Crippen molar-refractivity contribution in [2.45, 2.75) is 12.5 Å². The van der Waals surface area contributed by atoms with Crippen LogP contribution in [0.3, 0.4) is 0 Å². The molecule has 82 valence electrons. The Balaban J connectivity index is 2.05. The highest BCUT2D eigenvalue weighted by atomic mass is 79.9. The highest BCUT2D eigenvalue weighted by Gasteiger charge is 2.27. The second-order valence-electron chi connectivity index (χ2n) is 3.59. The summed E-state index contributed by atoms with van der Waals surface area (Å²) in [5, 5.41) is 3.12. The summed E-state index contributed by atoms with van der Waals surface area (Å²) in [6.07, 6.45) is 0.663. The molecule has 1 aliphatic heterocycles. The third kappa shape index (κ3) is 2.92. The number of anilines is 1. The van der Waals surface area contributed by atoms with E-state index in [1.54, 1.807) is 0 Å². The quantitative estimate of drug-likeness (QED) is 0.838. The summed E-state index contributed by atoms with van der Waals surface area (Å²) in [4.78, 5) is 4.20. The van der Waals surface area contributed by atoms with Gasteiger partial charge in [-0.3, -0.25) is 0 Å². The summed E-state index contributed by atoms with van der Waals surface area (Å²) in [5.74, 6) is 1.20. The molecule has 4 nitrogen and oxygen atoms in total. The van der Waals surface area contributed by atoms with Gasteiger partial charge in [0.2, 0.25) is 0 Å². The second-order valence-corrected chi connectivity index (χ2v) is 6.63. The van der Waals surface area contributed by atoms with Crippen molar-refractivity contribution < 1.29 is 8.42 Å². The maximum Gasteiger partial charge on any atom is 0.152 e. The van der Waals surface area contributed by atoms with Crippen molar-refractivity contribution in [2.24, 2.45) is 0 Å². The Hall–Kier alpha value is -0.620. The van der Waals surface area contributed by atoms with Crippen LogP contribution < -0.4 is 5.32 Å². The molecule has 0 aromatic carbocycles. The fourth-order valence-electron chi connectivity index (χ4n) is 1.61. The summed E-state index contributed by atoms with van der Waals surface area (Å²) < 4.78 is 23.2. The van der Waals surface area contributed by atoms with E-state index in [0.29, 0.717) is 12.2 Å². The first-order valence-corrected chi connectivity index (χ1v) is 7.26. The zero-order chi connectivity index (χ0) is 10.9. The van der Waals surface area contributed by atoms with Crippen LogP contribution in [0.15, 0.2) is 22.8 Å². The first kappa shape index (κ1) is 10.9. The Morgan fingerprint density at radius 3 is 2.87 bits per heavy atom. The van der Waals surface area contributed by atoms with Gasteiger partial charge in [0.25, 0.3) is 0 Å². The Bertz CT molecular complexity index is 461. The Labute approximate surface area is 97.1 Å². The predicted molar refractivity (Wildman–Crippen MR) is 62.6 cm³/mol. The third-order valence-corrected chi connectivity index (χ3v) is 4.51. The minimum Gasteiger partial charge on any atom is -0.366 e. The predicted octanol–water partition coefficient (Wildman–Crippen LogP) is 1.44. The smallest absolute Gasteiger partial charge is 0.152 e. The van der Waals surface area contributed by atoms with Crippen LogP contribution in [0.1, 0.15) is 6.42 Å². The highest BCUT2D eigenvalue weighted by molar-refractivity contribution is 9.10. The normalized spacial score (nSPS) is 23.9. The Morgan fingerprint density at radius 2 is 2.27 bits per heavy atom. The molecule has 0 radical (unpaired) electrons. The fraction of sp³-hybridized carbons (Fsp3) is 0.444. The van der Waals surface area contributed by atoms with Crippen LogP contribution in [0.4, 0.5) is 5.82 Å². The van der Waals surface area contributed by atoms with E-state index in [0.717, 1.165) is 4.60 Å². The van der Waals surface area contributed by atoms with Crippen LogP contribution >= 0.6 is 15.9 Å². The maximum absolute atomic E-state index is 11.2. The number of aromatic nitrogens is 1. The van der Waals surface area contributed by atoms with Gasteiger partial charge in [-0.1, -0.05) is 6.07 Å². The van der Waals surface area contributed by atoms with Crippen LogP contribution in [0, 0.1) is 0 Å². The molecular formula is C9H11BrN2O2S. The first-order chi connectivity index (χ1) is 7.05. The van der Waals surface area contributed by atoms with Crippen molar-refractivity contribution in [2.75, 3.05) is 16.8 Å². The van der Waals surface area contributed by atoms with Crippen LogP contribution in [0.25, 0.3) is 0 Å². The van der Waals surface area contributed by atoms with Gasteiger partial charge >= 0.3 is 0 Å². The maximum atomic E-state index is 11.2. The van der Waals surface area contributed by atoms with E-state index in [2.05, 4.69) is 26.2 Å². The zero-order valence-electron chi connectivity index (χ0n) is 7.98. The molecule has 1 aliphatic rings. The minimum atomic E-state index is -2.83. The van der Waals surface area contributed by atoms with E-state index < -0.39 is 9.84 Å². The lowest BCUT2D eigenvalue weighted by molar-refractivity contribution is 0.602. The number of nitrogens with zero attached hydrogens (tertiary/aromatic N) is 1. The molecule has 0 aliphatic carbocycles. The Kier molecular flexibility index (Phi) is 2.97. The number of halogens is 1. The number of nitrogens with one attached hydrogen (secondary N) is 1. The van der Waals surface area contributed by atoms with Gasteiger partial charge in [-0.05, 0) is 34.5 Å². The van der Waals surface area contributed by atoms with Gasteiger partial charge in [0.05, 0.1) is 11.5 Å². The molecular weight excluding hydrogens is 280 g/mol. The lowest BCUT2D eigenvalue weighted by Gasteiger charge is -2.10. The highest BCUT2D eigenvalue weighted by Crippen LogP contribution is 2.17. The molecule has 1 saturated heterocycles. The van der Waals surface area contributed by atoms with Gasteiger partial charge < -0.3 is 5.32 Å². The summed E-state index contributed by atoms with van der Waals surface area (Å²) in [6.45, 7) is 0. The molecule has 1 N–H and O–H groups in total. The molecule has 1 fully saturated rings. The fourth-order valence-corrected chi connectivity index (χ4v) is 3.62. The summed E-state index contributed by atoms with van der Waals surface area (Å²) in [6, 6.07) is 5.52. The average molecular weight is 291 g/mol. The zero-order valence-corrected chi connectivity index (χ0v) is 10.4. The number of pyridine rings is 1. The van der Waals surface area contributed by atoms with Crippen LogP contribution in [-0.2, 0) is 9.84 Å². The molecule has 1 aromatic heterocycles. The average Bonchev–Trinajstić information content (AvgIpc) is 2.45. The van der Waals surface area contributed by atoms with Gasteiger partial charge in [0.1, 0.15) is 10.4 Å². The molecule has 1 unspecified atom stereocenters. The van der Waals surface area contributed by atoms with Crippen molar-refractivity contribution in [1.29, 1.82) is 0 Å². The van der Waals surface area contributed by atoms with E-state index in [9.17, 15) is 8.42 Å². The van der Waals surface area contributed by atoms with Gasteiger partial charge in [-0.15, -0.1) is 0 Å². The van der Waals surface area contributed by atoms with Gasteiger partial charge in [-0.25, -0.2) is 13.4 Å². The van der Waals surface area contributed by atoms with Crippen LogP contribution in [-0.4, -0.2) is 30.9 Å². The van der Waals surface area contributed by atoms with Crippen LogP contribution in [0.2, 0.25) is 0 Å². The van der Waals surface area contributed by atoms with Crippen LogP contribution in [0.5, 0.6) is 0 Å². The number of hydrogen-bond donors (Lipinski definition) is 1. The lowest BCUT2D eigenvalue weighted by Crippen LogP contribution is -2.21. The molecule has 2 rings (SSSR count). The van der Waals surface area contributed by atoms with Crippen molar-refractivity contribution in [3.05, 3.63) is 22.8 Å². The van der Waals surface area contributed by atoms with Gasteiger partial charge in [0, 0.05) is 6.04 Å². The second kappa shape index (κ2) is 4.09. The van der Waals surface area contributed by atoms with Crippen molar-refractivity contribution in [3.63, 3.8) is 0 Å². The molecule has 6 heteroatoms. The number of hydrogen-bond acceptors (Lipinski definition) is 4. The molecule has 0 amide bonds. The van der Waals surface area contributed by atoms with Gasteiger partial charge in [-0.2, -0.15) is 0 Å². The van der Waals surface area contributed by atoms with Crippen molar-refractivity contribution in [1.82, 2.24) is 4.98 Å².